The molecule has 2 rings (SSSR count). The second-order valence-corrected chi connectivity index (χ2v) is 9.43. The second-order valence-electron chi connectivity index (χ2n) is 7.20. The Bertz CT molecular complexity index is 422. The fourth-order valence-electron chi connectivity index (χ4n) is 3.74. The monoisotopic (exact) mass is 302 g/mol. The average Bonchev–Trinajstić information content (AvgIpc) is 2.34. The van der Waals surface area contributed by atoms with Crippen LogP contribution in [0.5, 0.6) is 0 Å². The standard InChI is InChI=1S/C15H30N2O2S/c1-11(2)13-4-5-15(16)14(8-13)9-17-6-7-20(18,19)10-12(17)3/h11-15H,4-10,16H2,1-3H3. The molecule has 20 heavy (non-hydrogen) atoms. The summed E-state index contributed by atoms with van der Waals surface area (Å²) in [7, 11) is -2.82. The van der Waals surface area contributed by atoms with E-state index < -0.39 is 9.84 Å². The summed E-state index contributed by atoms with van der Waals surface area (Å²) in [5.74, 6) is 2.65. The molecule has 2 N–H and O–H groups in total. The number of sulfone groups is 1. The number of hydrogen-bond donors (Lipinski definition) is 1. The van der Waals surface area contributed by atoms with E-state index in [9.17, 15) is 8.42 Å². The van der Waals surface area contributed by atoms with Gasteiger partial charge in [-0.05, 0) is 43.9 Å². The minimum absolute atomic E-state index is 0.139. The number of nitrogens with two attached hydrogens (primary N) is 1. The van der Waals surface area contributed by atoms with Gasteiger partial charge < -0.3 is 5.73 Å². The maximum atomic E-state index is 11.7. The van der Waals surface area contributed by atoms with E-state index in [4.69, 9.17) is 5.73 Å². The Morgan fingerprint density at radius 2 is 2.00 bits per heavy atom. The van der Waals surface area contributed by atoms with Gasteiger partial charge in [-0.3, -0.25) is 4.90 Å². The van der Waals surface area contributed by atoms with E-state index in [1.54, 1.807) is 0 Å². The van der Waals surface area contributed by atoms with Crippen LogP contribution in [0.4, 0.5) is 0 Å². The topological polar surface area (TPSA) is 63.4 Å². The van der Waals surface area contributed by atoms with Gasteiger partial charge in [0.25, 0.3) is 0 Å². The Balaban J connectivity index is 1.94. The molecule has 4 nitrogen and oxygen atoms in total. The first-order chi connectivity index (χ1) is 9.28. The summed E-state index contributed by atoms with van der Waals surface area (Å²) in [4.78, 5) is 2.34. The van der Waals surface area contributed by atoms with Gasteiger partial charge in [-0.15, -0.1) is 0 Å². The quantitative estimate of drug-likeness (QED) is 0.858. The molecule has 118 valence electrons. The van der Waals surface area contributed by atoms with E-state index >= 15 is 0 Å². The molecule has 4 unspecified atom stereocenters. The summed E-state index contributed by atoms with van der Waals surface area (Å²) in [6.07, 6.45) is 3.57. The molecule has 0 bridgehead atoms. The van der Waals surface area contributed by atoms with Crippen molar-refractivity contribution in [2.45, 2.75) is 52.1 Å². The molecule has 0 spiro atoms. The second kappa shape index (κ2) is 6.32. The van der Waals surface area contributed by atoms with Gasteiger partial charge in [0.05, 0.1) is 11.5 Å². The van der Waals surface area contributed by atoms with Crippen LogP contribution in [-0.2, 0) is 9.84 Å². The van der Waals surface area contributed by atoms with E-state index in [0.717, 1.165) is 24.8 Å². The molecule has 0 amide bonds. The van der Waals surface area contributed by atoms with Crippen molar-refractivity contribution in [3.8, 4) is 0 Å². The summed E-state index contributed by atoms with van der Waals surface area (Å²) < 4.78 is 23.3. The van der Waals surface area contributed by atoms with E-state index in [1.807, 2.05) is 6.92 Å². The van der Waals surface area contributed by atoms with Crippen molar-refractivity contribution >= 4 is 9.84 Å². The lowest BCUT2D eigenvalue weighted by Crippen LogP contribution is -2.51. The number of nitrogens with zero attached hydrogens (tertiary/aromatic N) is 1. The number of rotatable bonds is 3. The highest BCUT2D eigenvalue weighted by Gasteiger charge is 2.34. The predicted octanol–water partition coefficient (Wildman–Crippen LogP) is 1.50. The molecule has 0 aromatic heterocycles. The van der Waals surface area contributed by atoms with Gasteiger partial charge in [-0.2, -0.15) is 0 Å². The van der Waals surface area contributed by atoms with Gasteiger partial charge in [-0.25, -0.2) is 8.42 Å². The van der Waals surface area contributed by atoms with Crippen LogP contribution < -0.4 is 5.73 Å². The third kappa shape index (κ3) is 3.95. The zero-order chi connectivity index (χ0) is 14.9. The molecular weight excluding hydrogens is 272 g/mol. The van der Waals surface area contributed by atoms with Gasteiger partial charge >= 0.3 is 0 Å². The fourth-order valence-corrected chi connectivity index (χ4v) is 5.37. The van der Waals surface area contributed by atoms with Crippen LogP contribution in [0, 0.1) is 17.8 Å². The molecule has 1 aliphatic carbocycles. The highest BCUT2D eigenvalue weighted by molar-refractivity contribution is 7.91. The van der Waals surface area contributed by atoms with E-state index in [-0.39, 0.29) is 12.1 Å². The minimum Gasteiger partial charge on any atom is -0.327 e. The first kappa shape index (κ1) is 16.2. The molecule has 1 heterocycles. The Labute approximate surface area is 124 Å². The van der Waals surface area contributed by atoms with Crippen LogP contribution >= 0.6 is 0 Å². The average molecular weight is 302 g/mol. The summed E-state index contributed by atoms with van der Waals surface area (Å²) >= 11 is 0. The third-order valence-electron chi connectivity index (χ3n) is 5.30. The lowest BCUT2D eigenvalue weighted by atomic mass is 9.73. The van der Waals surface area contributed by atoms with Crippen molar-refractivity contribution < 1.29 is 8.42 Å². The molecule has 4 atom stereocenters. The minimum atomic E-state index is -2.82. The zero-order valence-electron chi connectivity index (χ0n) is 13.1. The summed E-state index contributed by atoms with van der Waals surface area (Å²) in [5, 5.41) is 0. The van der Waals surface area contributed by atoms with Crippen molar-refractivity contribution in [1.29, 1.82) is 0 Å². The smallest absolute Gasteiger partial charge is 0.153 e. The molecule has 0 aromatic carbocycles. The van der Waals surface area contributed by atoms with Gasteiger partial charge in [0.1, 0.15) is 0 Å². The Morgan fingerprint density at radius 1 is 1.30 bits per heavy atom. The molecule has 1 saturated carbocycles. The summed E-state index contributed by atoms with van der Waals surface area (Å²) in [6, 6.07) is 0.427. The molecule has 1 aliphatic heterocycles. The van der Waals surface area contributed by atoms with Crippen LogP contribution in [0.1, 0.15) is 40.0 Å². The van der Waals surface area contributed by atoms with Gasteiger partial charge in [-0.1, -0.05) is 13.8 Å². The maximum Gasteiger partial charge on any atom is 0.153 e. The van der Waals surface area contributed by atoms with Crippen molar-refractivity contribution in [2.24, 2.45) is 23.5 Å². The largest absolute Gasteiger partial charge is 0.327 e. The van der Waals surface area contributed by atoms with Crippen molar-refractivity contribution in [3.05, 3.63) is 0 Å². The SMILES string of the molecule is CC(C)C1CCC(N)C(CN2CCS(=O)(=O)CC2C)C1. The highest BCUT2D eigenvalue weighted by atomic mass is 32.2. The van der Waals surface area contributed by atoms with Crippen LogP contribution in [0.2, 0.25) is 0 Å². The van der Waals surface area contributed by atoms with Crippen molar-refractivity contribution in [1.82, 2.24) is 4.90 Å². The number of hydrogen-bond acceptors (Lipinski definition) is 4. The Kier molecular flexibility index (Phi) is 5.14. The van der Waals surface area contributed by atoms with Gasteiger partial charge in [0, 0.05) is 25.2 Å². The highest BCUT2D eigenvalue weighted by Crippen LogP contribution is 2.34. The Morgan fingerprint density at radius 3 is 2.60 bits per heavy atom. The molecule has 5 heteroatoms. The van der Waals surface area contributed by atoms with Crippen molar-refractivity contribution in [3.63, 3.8) is 0 Å². The zero-order valence-corrected chi connectivity index (χ0v) is 13.9. The molecule has 2 aliphatic rings. The van der Waals surface area contributed by atoms with Gasteiger partial charge in [0.2, 0.25) is 0 Å². The van der Waals surface area contributed by atoms with E-state index in [1.165, 1.54) is 12.8 Å². The third-order valence-corrected chi connectivity index (χ3v) is 7.10. The maximum absolute atomic E-state index is 11.7. The molecule has 1 saturated heterocycles. The van der Waals surface area contributed by atoms with E-state index in [0.29, 0.717) is 24.0 Å². The lowest BCUT2D eigenvalue weighted by Gasteiger charge is -2.41. The molecule has 0 radical (unpaired) electrons. The fraction of sp³-hybridized carbons (Fsp3) is 1.00. The van der Waals surface area contributed by atoms with Crippen molar-refractivity contribution in [2.75, 3.05) is 24.6 Å². The Hall–Kier alpha value is -0.130. The normalized spacial score (nSPS) is 39.0. The van der Waals surface area contributed by atoms with E-state index in [2.05, 4.69) is 18.7 Å². The molecule has 0 aromatic rings. The first-order valence-corrected chi connectivity index (χ1v) is 9.80. The predicted molar refractivity (Wildman–Crippen MR) is 83.3 cm³/mol. The first-order valence-electron chi connectivity index (χ1n) is 7.98. The van der Waals surface area contributed by atoms with Crippen LogP contribution in [0.15, 0.2) is 0 Å². The lowest BCUT2D eigenvalue weighted by molar-refractivity contribution is 0.121. The summed E-state index contributed by atoms with van der Waals surface area (Å²) in [6.45, 7) is 8.29. The molecule has 2 fully saturated rings. The van der Waals surface area contributed by atoms with Gasteiger partial charge in [0.15, 0.2) is 9.84 Å². The summed E-state index contributed by atoms with van der Waals surface area (Å²) in [5.41, 5.74) is 6.31. The molecular formula is C15H30N2O2S. The van der Waals surface area contributed by atoms with Crippen LogP contribution in [0.25, 0.3) is 0 Å². The van der Waals surface area contributed by atoms with Crippen LogP contribution in [-0.4, -0.2) is 50.0 Å². The van der Waals surface area contributed by atoms with Crippen LogP contribution in [0.3, 0.4) is 0 Å².